The Hall–Kier alpha value is -1.71. The summed E-state index contributed by atoms with van der Waals surface area (Å²) in [6.45, 7) is 6.68. The molecule has 4 heteroatoms. The van der Waals surface area contributed by atoms with Crippen LogP contribution in [-0.4, -0.2) is 18.6 Å². The first-order chi connectivity index (χ1) is 8.54. The van der Waals surface area contributed by atoms with Crippen molar-refractivity contribution >= 4 is 17.3 Å². The molecular formula is C14H20N2O2. The van der Waals surface area contributed by atoms with Crippen LogP contribution in [0.2, 0.25) is 0 Å². The summed E-state index contributed by atoms with van der Waals surface area (Å²) < 4.78 is 5.32. The van der Waals surface area contributed by atoms with Gasteiger partial charge in [-0.1, -0.05) is 13.8 Å². The van der Waals surface area contributed by atoms with Crippen LogP contribution in [-0.2, 0) is 4.79 Å². The maximum Gasteiger partial charge on any atom is 0.262 e. The number of anilines is 2. The van der Waals surface area contributed by atoms with Gasteiger partial charge in [0.25, 0.3) is 5.91 Å². The van der Waals surface area contributed by atoms with Gasteiger partial charge < -0.3 is 15.4 Å². The summed E-state index contributed by atoms with van der Waals surface area (Å²) >= 11 is 0. The molecule has 0 aliphatic carbocycles. The molecule has 1 aromatic carbocycles. The number of hydrogen-bond acceptors (Lipinski definition) is 3. The van der Waals surface area contributed by atoms with Crippen molar-refractivity contribution in [1.82, 2.24) is 0 Å². The van der Waals surface area contributed by atoms with Crippen molar-refractivity contribution in [3.05, 3.63) is 18.2 Å². The van der Waals surface area contributed by atoms with E-state index in [0.717, 1.165) is 23.5 Å². The molecule has 1 amide bonds. The van der Waals surface area contributed by atoms with E-state index in [9.17, 15) is 4.79 Å². The van der Waals surface area contributed by atoms with Crippen LogP contribution in [0.4, 0.5) is 11.4 Å². The molecule has 0 saturated carbocycles. The van der Waals surface area contributed by atoms with Gasteiger partial charge in [-0.25, -0.2) is 0 Å². The van der Waals surface area contributed by atoms with E-state index in [4.69, 9.17) is 4.74 Å². The minimum absolute atomic E-state index is 0.101. The van der Waals surface area contributed by atoms with Crippen LogP contribution in [0.3, 0.4) is 0 Å². The molecule has 1 atom stereocenters. The van der Waals surface area contributed by atoms with E-state index in [0.29, 0.717) is 12.0 Å². The molecule has 0 spiro atoms. The molecule has 18 heavy (non-hydrogen) atoms. The molecule has 1 aliphatic rings. The van der Waals surface area contributed by atoms with Crippen molar-refractivity contribution in [2.75, 3.05) is 17.2 Å². The van der Waals surface area contributed by atoms with E-state index in [1.54, 1.807) is 0 Å². The smallest absolute Gasteiger partial charge is 0.262 e. The van der Waals surface area contributed by atoms with Gasteiger partial charge in [-0.2, -0.15) is 0 Å². The lowest BCUT2D eigenvalue weighted by Crippen LogP contribution is -2.25. The van der Waals surface area contributed by atoms with E-state index in [2.05, 4.69) is 31.4 Å². The number of hydrogen-bond donors (Lipinski definition) is 2. The summed E-state index contributed by atoms with van der Waals surface area (Å²) in [5.74, 6) is 1.29. The van der Waals surface area contributed by atoms with Crippen LogP contribution in [0, 0.1) is 5.92 Å². The van der Waals surface area contributed by atoms with Crippen LogP contribution in [0.15, 0.2) is 18.2 Å². The zero-order valence-corrected chi connectivity index (χ0v) is 11.1. The molecule has 1 unspecified atom stereocenters. The van der Waals surface area contributed by atoms with Gasteiger partial charge in [0.2, 0.25) is 0 Å². The van der Waals surface area contributed by atoms with Gasteiger partial charge in [0.15, 0.2) is 6.61 Å². The summed E-state index contributed by atoms with van der Waals surface area (Å²) in [7, 11) is 0. The third-order valence-electron chi connectivity index (χ3n) is 2.85. The number of rotatable bonds is 4. The molecule has 2 rings (SSSR count). The van der Waals surface area contributed by atoms with E-state index in [-0.39, 0.29) is 12.5 Å². The summed E-state index contributed by atoms with van der Waals surface area (Å²) in [6, 6.07) is 6.19. The predicted octanol–water partition coefficient (Wildman–Crippen LogP) is 2.86. The lowest BCUT2D eigenvalue weighted by atomic mass is 10.0. The summed E-state index contributed by atoms with van der Waals surface area (Å²) in [5, 5.41) is 6.24. The average molecular weight is 248 g/mol. The Morgan fingerprint density at radius 3 is 2.89 bits per heavy atom. The van der Waals surface area contributed by atoms with Crippen molar-refractivity contribution in [1.29, 1.82) is 0 Å². The molecule has 0 saturated heterocycles. The highest BCUT2D eigenvalue weighted by molar-refractivity contribution is 5.96. The average Bonchev–Trinajstić information content (AvgIpc) is 2.27. The first kappa shape index (κ1) is 12.7. The molecule has 0 radical (unpaired) electrons. The van der Waals surface area contributed by atoms with Crippen molar-refractivity contribution < 1.29 is 9.53 Å². The number of amides is 1. The van der Waals surface area contributed by atoms with Gasteiger partial charge in [-0.05, 0) is 37.5 Å². The zero-order chi connectivity index (χ0) is 13.1. The predicted molar refractivity (Wildman–Crippen MR) is 73.1 cm³/mol. The molecule has 0 aromatic heterocycles. The molecule has 1 heterocycles. The van der Waals surface area contributed by atoms with Crippen LogP contribution < -0.4 is 15.4 Å². The Labute approximate surface area is 108 Å². The second-order valence-corrected chi connectivity index (χ2v) is 5.22. The van der Waals surface area contributed by atoms with E-state index in [1.165, 1.54) is 0 Å². The first-order valence-corrected chi connectivity index (χ1v) is 6.38. The lowest BCUT2D eigenvalue weighted by molar-refractivity contribution is -0.118. The van der Waals surface area contributed by atoms with Crippen molar-refractivity contribution in [2.45, 2.75) is 33.2 Å². The Balaban J connectivity index is 2.06. The maximum absolute atomic E-state index is 11.2. The molecule has 0 fully saturated rings. The molecule has 98 valence electrons. The number of benzene rings is 1. The Bertz CT molecular complexity index is 443. The Morgan fingerprint density at radius 2 is 2.17 bits per heavy atom. The first-order valence-electron chi connectivity index (χ1n) is 6.38. The Morgan fingerprint density at radius 1 is 1.39 bits per heavy atom. The van der Waals surface area contributed by atoms with E-state index >= 15 is 0 Å². The van der Waals surface area contributed by atoms with Gasteiger partial charge in [-0.3, -0.25) is 4.79 Å². The fourth-order valence-corrected chi connectivity index (χ4v) is 2.22. The zero-order valence-electron chi connectivity index (χ0n) is 11.1. The lowest BCUT2D eigenvalue weighted by Gasteiger charge is -2.21. The number of fused-ring (bicyclic) bond motifs is 1. The van der Waals surface area contributed by atoms with Gasteiger partial charge in [0, 0.05) is 11.7 Å². The molecule has 1 aliphatic heterocycles. The number of nitrogens with one attached hydrogen (secondary N) is 2. The minimum Gasteiger partial charge on any atom is -0.482 e. The van der Waals surface area contributed by atoms with Crippen molar-refractivity contribution in [2.24, 2.45) is 5.92 Å². The van der Waals surface area contributed by atoms with Crippen molar-refractivity contribution in [3.63, 3.8) is 0 Å². The fourth-order valence-electron chi connectivity index (χ4n) is 2.22. The van der Waals surface area contributed by atoms with E-state index < -0.39 is 0 Å². The topological polar surface area (TPSA) is 50.4 Å². The monoisotopic (exact) mass is 248 g/mol. The molecule has 4 nitrogen and oxygen atoms in total. The highest BCUT2D eigenvalue weighted by atomic mass is 16.5. The summed E-state index contributed by atoms with van der Waals surface area (Å²) in [6.07, 6.45) is 1.11. The van der Waals surface area contributed by atoms with Crippen LogP contribution in [0.5, 0.6) is 5.75 Å². The molecule has 1 aromatic rings. The van der Waals surface area contributed by atoms with Gasteiger partial charge in [-0.15, -0.1) is 0 Å². The number of carbonyl (C=O) groups is 1. The normalized spacial score (nSPS) is 15.7. The summed E-state index contributed by atoms with van der Waals surface area (Å²) in [5.41, 5.74) is 1.75. The van der Waals surface area contributed by atoms with Crippen LogP contribution in [0.1, 0.15) is 27.2 Å². The van der Waals surface area contributed by atoms with Gasteiger partial charge >= 0.3 is 0 Å². The van der Waals surface area contributed by atoms with E-state index in [1.807, 2.05) is 18.2 Å². The third kappa shape index (κ3) is 3.15. The highest BCUT2D eigenvalue weighted by Gasteiger charge is 2.16. The third-order valence-corrected chi connectivity index (χ3v) is 2.85. The maximum atomic E-state index is 11.2. The van der Waals surface area contributed by atoms with Crippen LogP contribution >= 0.6 is 0 Å². The quantitative estimate of drug-likeness (QED) is 0.861. The van der Waals surface area contributed by atoms with Crippen molar-refractivity contribution in [3.8, 4) is 5.75 Å². The summed E-state index contributed by atoms with van der Waals surface area (Å²) in [4.78, 5) is 11.2. The minimum atomic E-state index is -0.102. The SMILES string of the molecule is CC(C)CC(C)Nc1ccc2c(c1)NC(=O)CO2. The Kier molecular flexibility index (Phi) is 3.75. The van der Waals surface area contributed by atoms with Gasteiger partial charge in [0.05, 0.1) is 5.69 Å². The number of ether oxygens (including phenoxy) is 1. The van der Waals surface area contributed by atoms with Gasteiger partial charge in [0.1, 0.15) is 5.75 Å². The second-order valence-electron chi connectivity index (χ2n) is 5.22. The second kappa shape index (κ2) is 5.29. The molecule has 0 bridgehead atoms. The molecule has 2 N–H and O–H groups in total. The number of carbonyl (C=O) groups excluding carboxylic acids is 1. The fraction of sp³-hybridized carbons (Fsp3) is 0.500. The standard InChI is InChI=1S/C14H20N2O2/c1-9(2)6-10(3)15-11-4-5-13-12(7-11)16-14(17)8-18-13/h4-5,7,9-10,15H,6,8H2,1-3H3,(H,16,17). The van der Waals surface area contributed by atoms with Crippen LogP contribution in [0.25, 0.3) is 0 Å². The highest BCUT2D eigenvalue weighted by Crippen LogP contribution is 2.30. The largest absolute Gasteiger partial charge is 0.482 e. The molecular weight excluding hydrogens is 228 g/mol.